The van der Waals surface area contributed by atoms with E-state index in [2.05, 4.69) is 0 Å². The Morgan fingerprint density at radius 3 is 2.36 bits per heavy atom. The number of rotatable bonds is 10. The van der Waals surface area contributed by atoms with Crippen LogP contribution in [0.4, 0.5) is 4.39 Å². The standard InChI is InChI=1S/C26H30FN3O12/c1-28-22(33)24(36,26(39,40)23(34,35)14-31)30-13-17-16(21(30)32)3-2-4-20(17)42-25(37,38)18-6-5-15(11-19(18)27)12-29-7-9-41-10-8-29/h2-6,11,14,34-40H,7-10,12-13H2,1H3,(H,28,33). The van der Waals surface area contributed by atoms with Gasteiger partial charge in [0, 0.05) is 37.8 Å². The first-order valence-electron chi connectivity index (χ1n) is 12.6. The summed E-state index contributed by atoms with van der Waals surface area (Å²) in [5.41, 5.74) is -4.63. The zero-order valence-corrected chi connectivity index (χ0v) is 22.2. The molecular weight excluding hydrogens is 565 g/mol. The first-order chi connectivity index (χ1) is 19.6. The Kier molecular flexibility index (Phi) is 8.40. The topological polar surface area (TPSA) is 230 Å². The molecule has 2 amide bonds. The van der Waals surface area contributed by atoms with Gasteiger partial charge in [0.15, 0.2) is 6.29 Å². The SMILES string of the molecule is CNC(=O)C(O)(N1Cc2c(OC(O)(O)c3ccc(CN4CCOCC4)cc3F)cccc2C1=O)C(O)(O)C(O)(O)C=O. The molecule has 1 saturated heterocycles. The molecule has 1 atom stereocenters. The third kappa shape index (κ3) is 5.24. The van der Waals surface area contributed by atoms with Crippen molar-refractivity contribution < 1.29 is 64.0 Å². The molecule has 0 aromatic heterocycles. The number of ether oxygens (including phenoxy) is 2. The maximum Gasteiger partial charge on any atom is 0.354 e. The molecule has 0 bridgehead atoms. The number of halogens is 1. The highest BCUT2D eigenvalue weighted by Crippen LogP contribution is 2.41. The Morgan fingerprint density at radius 1 is 1.10 bits per heavy atom. The Bertz CT molecular complexity index is 1380. The summed E-state index contributed by atoms with van der Waals surface area (Å²) < 4.78 is 25.6. The molecule has 42 heavy (non-hydrogen) atoms. The summed E-state index contributed by atoms with van der Waals surface area (Å²) in [5, 5.41) is 74.9. The molecule has 2 aliphatic rings. The van der Waals surface area contributed by atoms with Gasteiger partial charge in [-0.15, -0.1) is 0 Å². The van der Waals surface area contributed by atoms with E-state index >= 15 is 4.39 Å². The number of aldehydes is 1. The normalized spacial score (nSPS) is 17.9. The molecule has 0 saturated carbocycles. The number of fused-ring (bicyclic) bond motifs is 1. The lowest BCUT2D eigenvalue weighted by atomic mass is 9.91. The molecule has 0 aliphatic carbocycles. The molecule has 16 heteroatoms. The summed E-state index contributed by atoms with van der Waals surface area (Å²) in [6.07, 6.45) is -0.782. The van der Waals surface area contributed by atoms with Crippen molar-refractivity contribution in [3.63, 3.8) is 0 Å². The Morgan fingerprint density at radius 2 is 1.76 bits per heavy atom. The van der Waals surface area contributed by atoms with Crippen LogP contribution in [0.25, 0.3) is 0 Å². The first-order valence-corrected chi connectivity index (χ1v) is 12.6. The van der Waals surface area contributed by atoms with E-state index in [0.717, 1.165) is 31.3 Å². The average molecular weight is 596 g/mol. The molecule has 2 aliphatic heterocycles. The lowest BCUT2D eigenvalue weighted by Gasteiger charge is -2.46. The highest BCUT2D eigenvalue weighted by molar-refractivity contribution is 6.03. The zero-order valence-electron chi connectivity index (χ0n) is 22.2. The van der Waals surface area contributed by atoms with E-state index in [9.17, 15) is 50.1 Å². The highest BCUT2D eigenvalue weighted by Gasteiger charge is 2.70. The third-order valence-electron chi connectivity index (χ3n) is 7.17. The summed E-state index contributed by atoms with van der Waals surface area (Å²) >= 11 is 0. The second kappa shape index (κ2) is 11.3. The number of amides is 2. The minimum atomic E-state index is -4.38. The Balaban J connectivity index is 1.65. The number of carbonyl (C=O) groups is 3. The van der Waals surface area contributed by atoms with Gasteiger partial charge in [0.25, 0.3) is 29.1 Å². The number of nitrogens with one attached hydrogen (secondary N) is 1. The van der Waals surface area contributed by atoms with Gasteiger partial charge in [-0.05, 0) is 29.8 Å². The number of morpholine rings is 1. The summed E-state index contributed by atoms with van der Waals surface area (Å²) in [7, 11) is 0.912. The van der Waals surface area contributed by atoms with Crippen molar-refractivity contribution in [2.75, 3.05) is 33.4 Å². The van der Waals surface area contributed by atoms with E-state index in [1.54, 1.807) is 0 Å². The lowest BCUT2D eigenvalue weighted by molar-refractivity contribution is -0.398. The summed E-state index contributed by atoms with van der Waals surface area (Å²) in [6, 6.07) is 7.15. The zero-order chi connectivity index (χ0) is 31.1. The number of nitrogens with zero attached hydrogens (tertiary/aromatic N) is 2. The van der Waals surface area contributed by atoms with Gasteiger partial charge >= 0.3 is 5.97 Å². The minimum Gasteiger partial charge on any atom is -0.435 e. The maximum absolute atomic E-state index is 15.0. The van der Waals surface area contributed by atoms with Gasteiger partial charge in [-0.1, -0.05) is 12.1 Å². The van der Waals surface area contributed by atoms with Crippen molar-refractivity contribution in [3.8, 4) is 5.75 Å². The summed E-state index contributed by atoms with van der Waals surface area (Å²) in [5.74, 6) is -16.3. The molecule has 2 aromatic carbocycles. The quantitative estimate of drug-likeness (QED) is 0.1000. The number of carbonyl (C=O) groups excluding carboxylic acids is 3. The molecular formula is C26H30FN3O12. The van der Waals surface area contributed by atoms with Gasteiger partial charge in [0.2, 0.25) is 0 Å². The molecule has 15 nitrogen and oxygen atoms in total. The van der Waals surface area contributed by atoms with Crippen LogP contribution in [0.3, 0.4) is 0 Å². The van der Waals surface area contributed by atoms with E-state index in [1.807, 2.05) is 10.2 Å². The van der Waals surface area contributed by atoms with Crippen LogP contribution in [0.2, 0.25) is 0 Å². The van der Waals surface area contributed by atoms with Crippen molar-refractivity contribution >= 4 is 18.1 Å². The van der Waals surface area contributed by atoms with Crippen LogP contribution < -0.4 is 10.1 Å². The molecule has 0 radical (unpaired) electrons. The predicted molar refractivity (Wildman–Crippen MR) is 135 cm³/mol. The number of likely N-dealkylation sites (N-methyl/N-ethyl adjacent to an activating group) is 1. The van der Waals surface area contributed by atoms with Gasteiger partial charge in [-0.25, -0.2) is 4.39 Å². The van der Waals surface area contributed by atoms with Crippen molar-refractivity contribution in [1.82, 2.24) is 15.1 Å². The molecule has 8 N–H and O–H groups in total. The van der Waals surface area contributed by atoms with E-state index in [4.69, 9.17) is 9.47 Å². The smallest absolute Gasteiger partial charge is 0.354 e. The molecule has 4 rings (SSSR count). The van der Waals surface area contributed by atoms with E-state index in [-0.39, 0.29) is 16.0 Å². The van der Waals surface area contributed by atoms with Gasteiger partial charge in [-0.2, -0.15) is 0 Å². The predicted octanol–water partition coefficient (Wildman–Crippen LogP) is -3.22. The van der Waals surface area contributed by atoms with Crippen LogP contribution >= 0.6 is 0 Å². The third-order valence-corrected chi connectivity index (χ3v) is 7.17. The Hall–Kier alpha value is -3.58. The molecule has 0 spiro atoms. The molecule has 228 valence electrons. The van der Waals surface area contributed by atoms with E-state index in [0.29, 0.717) is 38.4 Å². The fourth-order valence-electron chi connectivity index (χ4n) is 4.79. The van der Waals surface area contributed by atoms with Gasteiger partial charge < -0.3 is 50.5 Å². The van der Waals surface area contributed by atoms with E-state index < -0.39 is 65.0 Å². The monoisotopic (exact) mass is 595 g/mol. The number of aliphatic hydroxyl groups is 7. The number of benzene rings is 2. The van der Waals surface area contributed by atoms with Gasteiger partial charge in [0.1, 0.15) is 11.6 Å². The van der Waals surface area contributed by atoms with Gasteiger partial charge in [-0.3, -0.25) is 24.2 Å². The molecule has 2 heterocycles. The minimum absolute atomic E-state index is 0.103. The summed E-state index contributed by atoms with van der Waals surface area (Å²) in [4.78, 5) is 39.2. The molecule has 1 unspecified atom stereocenters. The van der Waals surface area contributed by atoms with Crippen LogP contribution in [-0.2, 0) is 33.4 Å². The van der Waals surface area contributed by atoms with Crippen LogP contribution in [0.15, 0.2) is 36.4 Å². The van der Waals surface area contributed by atoms with Crippen LogP contribution in [-0.4, -0.2) is 114 Å². The Labute approximate surface area is 237 Å². The lowest BCUT2D eigenvalue weighted by Crippen LogP contribution is -2.78. The fourth-order valence-corrected chi connectivity index (χ4v) is 4.79. The maximum atomic E-state index is 15.0. The highest BCUT2D eigenvalue weighted by atomic mass is 19.1. The summed E-state index contributed by atoms with van der Waals surface area (Å²) in [6.45, 7) is 1.81. The van der Waals surface area contributed by atoms with Crippen LogP contribution in [0.1, 0.15) is 27.0 Å². The number of hydrogen-bond donors (Lipinski definition) is 8. The van der Waals surface area contributed by atoms with Gasteiger partial charge in [0.05, 0.1) is 25.3 Å². The largest absolute Gasteiger partial charge is 0.435 e. The van der Waals surface area contributed by atoms with E-state index in [1.165, 1.54) is 12.1 Å². The van der Waals surface area contributed by atoms with Crippen molar-refractivity contribution in [2.45, 2.75) is 36.4 Å². The second-order valence-corrected chi connectivity index (χ2v) is 9.85. The molecule has 1 fully saturated rings. The number of hydrogen-bond acceptors (Lipinski definition) is 13. The van der Waals surface area contributed by atoms with Crippen LogP contribution in [0.5, 0.6) is 5.75 Å². The average Bonchev–Trinajstić information content (AvgIpc) is 3.29. The second-order valence-electron chi connectivity index (χ2n) is 9.85. The van der Waals surface area contributed by atoms with Crippen molar-refractivity contribution in [2.24, 2.45) is 0 Å². The fraction of sp³-hybridized carbons (Fsp3) is 0.423. The van der Waals surface area contributed by atoms with Crippen LogP contribution in [0, 0.1) is 5.82 Å². The van der Waals surface area contributed by atoms with Crippen molar-refractivity contribution in [1.29, 1.82) is 0 Å². The molecule has 2 aromatic rings. The van der Waals surface area contributed by atoms with Crippen molar-refractivity contribution in [3.05, 3.63) is 64.5 Å². The first kappa shape index (κ1) is 31.4.